The Balaban J connectivity index is 1.44. The second kappa shape index (κ2) is 6.83. The van der Waals surface area contributed by atoms with Gasteiger partial charge in [0.15, 0.2) is 11.7 Å². The van der Waals surface area contributed by atoms with Gasteiger partial charge in [-0.15, -0.1) is 0 Å². The number of amides is 1. The zero-order valence-electron chi connectivity index (χ0n) is 14.4. The molecule has 6 nitrogen and oxygen atoms in total. The van der Waals surface area contributed by atoms with Gasteiger partial charge in [-0.05, 0) is 50.3 Å². The van der Waals surface area contributed by atoms with Crippen molar-refractivity contribution in [2.45, 2.75) is 44.6 Å². The summed E-state index contributed by atoms with van der Waals surface area (Å²) in [6.45, 7) is -0.304. The molecule has 4 rings (SSSR count). The summed E-state index contributed by atoms with van der Waals surface area (Å²) in [6, 6.07) is 7.36. The van der Waals surface area contributed by atoms with Gasteiger partial charge >= 0.3 is 0 Å². The highest BCUT2D eigenvalue weighted by molar-refractivity contribution is 6.04. The van der Waals surface area contributed by atoms with Gasteiger partial charge in [0.25, 0.3) is 0 Å². The third-order valence-electron chi connectivity index (χ3n) is 4.94. The molecule has 0 spiro atoms. The number of carbonyl (C=O) groups is 2. The van der Waals surface area contributed by atoms with Crippen LogP contribution in [0.5, 0.6) is 5.75 Å². The fraction of sp³-hybridized carbons (Fsp3) is 0.450. The second-order valence-corrected chi connectivity index (χ2v) is 6.97. The van der Waals surface area contributed by atoms with E-state index in [1.807, 2.05) is 12.1 Å². The molecule has 1 N–H and O–H groups in total. The number of ketones is 1. The molecule has 0 bridgehead atoms. The number of fused-ring (bicyclic) bond motifs is 3. The lowest BCUT2D eigenvalue weighted by molar-refractivity contribution is -0.132. The Kier molecular flexibility index (Phi) is 4.37. The first kappa shape index (κ1) is 16.6. The Morgan fingerprint density at radius 2 is 2.12 bits per heavy atom. The van der Waals surface area contributed by atoms with Crippen molar-refractivity contribution in [3.63, 3.8) is 0 Å². The first-order valence-electron chi connectivity index (χ1n) is 9.05. The van der Waals surface area contributed by atoms with Crippen molar-refractivity contribution in [1.29, 1.82) is 5.26 Å². The van der Waals surface area contributed by atoms with Gasteiger partial charge < -0.3 is 14.5 Å². The summed E-state index contributed by atoms with van der Waals surface area (Å²) in [5.41, 5.74) is 2.05. The molecule has 134 valence electrons. The van der Waals surface area contributed by atoms with Crippen LogP contribution in [0.4, 0.5) is 0 Å². The molecule has 0 aliphatic heterocycles. The molecule has 2 aliphatic carbocycles. The van der Waals surface area contributed by atoms with E-state index < -0.39 is 17.6 Å². The number of Topliss-reactive ketones (excluding diaryl/α,β-unsaturated/α-hetero) is 1. The van der Waals surface area contributed by atoms with Crippen LogP contribution in [0.3, 0.4) is 0 Å². The second-order valence-electron chi connectivity index (χ2n) is 6.97. The van der Waals surface area contributed by atoms with E-state index in [2.05, 4.69) is 5.32 Å². The zero-order chi connectivity index (χ0) is 18.1. The monoisotopic (exact) mass is 352 g/mol. The van der Waals surface area contributed by atoms with Crippen LogP contribution in [0.2, 0.25) is 0 Å². The van der Waals surface area contributed by atoms with Gasteiger partial charge in [0.1, 0.15) is 23.7 Å². The number of rotatable bonds is 6. The predicted molar refractivity (Wildman–Crippen MR) is 93.6 cm³/mol. The summed E-state index contributed by atoms with van der Waals surface area (Å²) in [7, 11) is 0. The van der Waals surface area contributed by atoms with E-state index in [0.717, 1.165) is 55.3 Å². The first-order chi connectivity index (χ1) is 12.7. The number of hydrogen-bond acceptors (Lipinski definition) is 5. The van der Waals surface area contributed by atoms with Crippen molar-refractivity contribution in [1.82, 2.24) is 5.32 Å². The number of nitrogens with one attached hydrogen (secondary N) is 1. The minimum atomic E-state index is -1.32. The van der Waals surface area contributed by atoms with Gasteiger partial charge in [-0.2, -0.15) is 5.26 Å². The van der Waals surface area contributed by atoms with Crippen LogP contribution in [0.15, 0.2) is 22.6 Å². The maximum Gasteiger partial charge on any atom is 0.245 e. The maximum absolute atomic E-state index is 12.2. The van der Waals surface area contributed by atoms with Crippen molar-refractivity contribution in [3.05, 3.63) is 29.5 Å². The maximum atomic E-state index is 12.2. The van der Waals surface area contributed by atoms with Gasteiger partial charge in [0.2, 0.25) is 5.91 Å². The lowest BCUT2D eigenvalue weighted by Gasteiger charge is -2.11. The Bertz CT molecular complexity index is 904. The molecule has 2 aliphatic rings. The molecule has 1 aromatic carbocycles. The highest BCUT2D eigenvalue weighted by Gasteiger charge is 2.31. The third-order valence-corrected chi connectivity index (χ3v) is 4.94. The molecule has 0 saturated heterocycles. The molecular weight excluding hydrogens is 332 g/mol. The predicted octanol–water partition coefficient (Wildman–Crippen LogP) is 2.68. The van der Waals surface area contributed by atoms with Gasteiger partial charge in [-0.25, -0.2) is 0 Å². The van der Waals surface area contributed by atoms with E-state index in [1.54, 1.807) is 12.1 Å². The minimum absolute atomic E-state index is 0.113. The van der Waals surface area contributed by atoms with E-state index in [0.29, 0.717) is 5.75 Å². The highest BCUT2D eigenvalue weighted by Crippen LogP contribution is 2.34. The fourth-order valence-corrected chi connectivity index (χ4v) is 3.36. The van der Waals surface area contributed by atoms with Crippen molar-refractivity contribution >= 4 is 22.7 Å². The molecule has 1 heterocycles. The summed E-state index contributed by atoms with van der Waals surface area (Å²) < 4.78 is 11.5. The highest BCUT2D eigenvalue weighted by atomic mass is 16.5. The summed E-state index contributed by atoms with van der Waals surface area (Å²) in [6.07, 6.45) is 6.04. The van der Waals surface area contributed by atoms with Crippen LogP contribution < -0.4 is 10.1 Å². The average molecular weight is 352 g/mol. The van der Waals surface area contributed by atoms with Crippen LogP contribution in [-0.2, 0) is 22.4 Å². The molecule has 1 aromatic heterocycles. The van der Waals surface area contributed by atoms with E-state index in [1.165, 1.54) is 5.56 Å². The lowest BCUT2D eigenvalue weighted by Crippen LogP contribution is -2.37. The molecule has 1 atom stereocenters. The van der Waals surface area contributed by atoms with E-state index >= 15 is 0 Å². The SMILES string of the molecule is N#C[C@H](C(=O)COc1ccc2oc3c(c2c1)CCCC3)C(=O)NC1CC1. The van der Waals surface area contributed by atoms with E-state index in [4.69, 9.17) is 14.4 Å². The average Bonchev–Trinajstić information content (AvgIpc) is 3.38. The number of ether oxygens (including phenoxy) is 1. The fourth-order valence-electron chi connectivity index (χ4n) is 3.36. The minimum Gasteiger partial charge on any atom is -0.486 e. The van der Waals surface area contributed by atoms with Crippen molar-refractivity contribution < 1.29 is 18.7 Å². The first-order valence-corrected chi connectivity index (χ1v) is 9.05. The van der Waals surface area contributed by atoms with Gasteiger partial charge in [0, 0.05) is 23.4 Å². The number of nitriles is 1. The molecule has 6 heteroatoms. The van der Waals surface area contributed by atoms with Crippen LogP contribution in [-0.4, -0.2) is 24.3 Å². The smallest absolute Gasteiger partial charge is 0.245 e. The van der Waals surface area contributed by atoms with Crippen molar-refractivity contribution in [3.8, 4) is 11.8 Å². The van der Waals surface area contributed by atoms with Crippen LogP contribution in [0, 0.1) is 17.2 Å². The lowest BCUT2D eigenvalue weighted by atomic mass is 9.96. The molecule has 0 radical (unpaired) electrons. The molecule has 26 heavy (non-hydrogen) atoms. The molecular formula is C20H20N2O4. The number of benzene rings is 1. The van der Waals surface area contributed by atoms with Crippen LogP contribution >= 0.6 is 0 Å². The Hall–Kier alpha value is -2.81. The quantitative estimate of drug-likeness (QED) is 0.807. The summed E-state index contributed by atoms with van der Waals surface area (Å²) >= 11 is 0. The standard InChI is InChI=1S/C20H20N2O4/c21-10-16(20(24)22-12-5-6-12)17(23)11-25-13-7-8-19-15(9-13)14-3-1-2-4-18(14)26-19/h7-9,12,16H,1-6,11H2,(H,22,24)/t16-/m1/s1. The largest absolute Gasteiger partial charge is 0.486 e. The van der Waals surface area contributed by atoms with Gasteiger partial charge in [-0.1, -0.05) is 0 Å². The third kappa shape index (κ3) is 3.30. The van der Waals surface area contributed by atoms with Gasteiger partial charge in [-0.3, -0.25) is 9.59 Å². The van der Waals surface area contributed by atoms with E-state index in [-0.39, 0.29) is 12.6 Å². The molecule has 0 unspecified atom stereocenters. The zero-order valence-corrected chi connectivity index (χ0v) is 14.4. The van der Waals surface area contributed by atoms with Crippen LogP contribution in [0.1, 0.15) is 37.0 Å². The topological polar surface area (TPSA) is 92.3 Å². The van der Waals surface area contributed by atoms with E-state index in [9.17, 15) is 9.59 Å². The molecule has 1 fully saturated rings. The number of furan rings is 1. The molecule has 2 aromatic rings. The van der Waals surface area contributed by atoms with Crippen molar-refractivity contribution in [2.75, 3.05) is 6.61 Å². The normalized spacial score (nSPS) is 17.2. The Labute approximate surface area is 151 Å². The summed E-state index contributed by atoms with van der Waals surface area (Å²) in [5, 5.41) is 12.9. The molecule has 1 saturated carbocycles. The Morgan fingerprint density at radius 1 is 1.31 bits per heavy atom. The van der Waals surface area contributed by atoms with Gasteiger partial charge in [0.05, 0.1) is 6.07 Å². The molecule has 1 amide bonds. The number of nitrogens with zero attached hydrogens (tertiary/aromatic N) is 1. The number of carbonyl (C=O) groups excluding carboxylic acids is 2. The van der Waals surface area contributed by atoms with Crippen LogP contribution in [0.25, 0.3) is 11.0 Å². The number of aryl methyl sites for hydroxylation is 2. The summed E-state index contributed by atoms with van der Waals surface area (Å²) in [5.74, 6) is -0.788. The van der Waals surface area contributed by atoms with Crippen molar-refractivity contribution in [2.24, 2.45) is 5.92 Å². The number of hydrogen-bond donors (Lipinski definition) is 1. The summed E-state index contributed by atoms with van der Waals surface area (Å²) in [4.78, 5) is 24.2. The Morgan fingerprint density at radius 3 is 2.88 bits per heavy atom.